The van der Waals surface area contributed by atoms with Crippen molar-refractivity contribution in [2.75, 3.05) is 5.32 Å². The molecule has 6 N–H and O–H groups in total. The maximum Gasteiger partial charge on any atom is 0.345 e. The highest BCUT2D eigenvalue weighted by Crippen LogP contribution is 2.38. The summed E-state index contributed by atoms with van der Waals surface area (Å²) < 4.78 is 122. The third kappa shape index (κ3) is 23.6. The number of amides is 4. The molecule has 2 aliphatic rings. The van der Waals surface area contributed by atoms with E-state index in [1.54, 1.807) is 49.6 Å². The van der Waals surface area contributed by atoms with Gasteiger partial charge in [-0.25, -0.2) is 59.9 Å². The first-order valence-electron chi connectivity index (χ1n) is 47.2. The Labute approximate surface area is 817 Å². The van der Waals surface area contributed by atoms with Crippen molar-refractivity contribution in [1.29, 1.82) is 0 Å². The van der Waals surface area contributed by atoms with Crippen molar-refractivity contribution in [3.63, 3.8) is 0 Å². The van der Waals surface area contributed by atoms with Gasteiger partial charge < -0.3 is 54.6 Å². The maximum absolute atomic E-state index is 13.7. The molecule has 36 heteroatoms. The second kappa shape index (κ2) is 45.4. The summed E-state index contributed by atoms with van der Waals surface area (Å²) in [5, 5.41) is 16.0. The summed E-state index contributed by atoms with van der Waals surface area (Å²) in [5.41, 5.74) is 13.2. The standard InChI is InChI=1S/C28H24F2N6O.C28H30F2N6O.C28H29F2N5O2.C23H21F2N5O2/c1-17(2)25-24(28(37)34-14-18-9-10-21(29)22(30)13-18)20-15-33-26(23-8-4-6-12-32-23)35-27(20)36(25)16-19-7-3-5-11-31-19;1-17(2)25-24(27(37)32-14-18-10-11-22(29)23(30)13-18)21-15-33-28(34-19-7-3-4-8-19)35-26(21)36(25)16-20-9-5-6-12-31-20;1-17(2)26-24(27(36)32-14-18-10-11-21(29)22(30)13-18)25-23(35(26)16-19-7-5-6-12-31-19)15-33-28(34-25)37-20-8-3-4-9-20;1-13(2)21-19(22(31)27-10-14-6-7-16(24)17(25)9-14)20-18(11-28-23(32)29-20)30(21)12-15-5-3-4-8-26-15/h3-13,15,17H,14,16H2,1-2H3,(H,34,37);5-6,9-13,15,17,19H,3-4,7-8,14,16H2,1-2H3,(H,32,37)(H,33,34,35);5-7,10-13,15,17,20H,3-4,8-9,14,16H2,1-2H3,(H,32,36);3-9,11,13H,10,12H2,1-2H3,(H,27,31)(H,28,29,32). The third-order valence-corrected chi connectivity index (χ3v) is 24.6. The van der Waals surface area contributed by atoms with E-state index in [4.69, 9.17) is 19.7 Å². The number of fused-ring (bicyclic) bond motifs is 4. The number of benzene rings is 4. The molecule has 4 aromatic carbocycles. The summed E-state index contributed by atoms with van der Waals surface area (Å²) in [6.45, 7) is 17.8. The van der Waals surface area contributed by atoms with E-state index >= 15 is 0 Å². The molecule has 13 heterocycles. The van der Waals surface area contributed by atoms with E-state index in [0.29, 0.717) is 144 Å². The first-order valence-corrected chi connectivity index (χ1v) is 47.2. The van der Waals surface area contributed by atoms with Gasteiger partial charge in [0.05, 0.1) is 111 Å². The topological polar surface area (TPSA) is 345 Å². The lowest BCUT2D eigenvalue weighted by Crippen LogP contribution is -2.25. The van der Waals surface area contributed by atoms with Crippen LogP contribution in [0.25, 0.3) is 55.7 Å². The van der Waals surface area contributed by atoms with Gasteiger partial charge in [0.15, 0.2) is 52.4 Å². The molecule has 0 spiro atoms. The largest absolute Gasteiger partial charge is 0.460 e. The number of halogens is 8. The van der Waals surface area contributed by atoms with Gasteiger partial charge in [0, 0.05) is 98.4 Å². The molecule has 0 bridgehead atoms. The lowest BCUT2D eigenvalue weighted by Gasteiger charge is -2.15. The molecule has 734 valence electrons. The number of pyridine rings is 5. The Morgan fingerprint density at radius 3 is 1.16 bits per heavy atom. The number of anilines is 1. The molecule has 2 aliphatic carbocycles. The number of aromatic amines is 1. The predicted molar refractivity (Wildman–Crippen MR) is 525 cm³/mol. The van der Waals surface area contributed by atoms with E-state index < -0.39 is 58.1 Å². The highest BCUT2D eigenvalue weighted by molar-refractivity contribution is 6.10. The maximum atomic E-state index is 13.7. The van der Waals surface area contributed by atoms with E-state index in [-0.39, 0.29) is 79.7 Å². The molecule has 13 aromatic heterocycles. The molecule has 17 aromatic rings. The van der Waals surface area contributed by atoms with Crippen LogP contribution in [0.5, 0.6) is 6.01 Å². The minimum Gasteiger partial charge on any atom is -0.460 e. The summed E-state index contributed by atoms with van der Waals surface area (Å²) in [7, 11) is 0. The third-order valence-electron chi connectivity index (χ3n) is 24.6. The van der Waals surface area contributed by atoms with Gasteiger partial charge in [-0.05, 0) is 194 Å². The van der Waals surface area contributed by atoms with Gasteiger partial charge in [0.25, 0.3) is 23.6 Å². The molecule has 0 aliphatic heterocycles. The zero-order valence-electron chi connectivity index (χ0n) is 79.7. The van der Waals surface area contributed by atoms with E-state index in [1.807, 2.05) is 165 Å². The van der Waals surface area contributed by atoms with Crippen molar-refractivity contribution in [1.82, 2.24) is 104 Å². The van der Waals surface area contributed by atoms with Crippen molar-refractivity contribution >= 4 is 73.7 Å². The molecule has 0 atom stereocenters. The number of carbonyl (C=O) groups is 4. The molecule has 19 rings (SSSR count). The van der Waals surface area contributed by atoms with E-state index in [2.05, 4.69) is 76.4 Å². The molecule has 28 nitrogen and oxygen atoms in total. The number of carbonyl (C=O) groups excluding carboxylic acids is 4. The number of rotatable bonds is 29. The molecule has 0 saturated heterocycles. The Morgan fingerprint density at radius 1 is 0.378 bits per heavy atom. The zero-order valence-corrected chi connectivity index (χ0v) is 79.7. The highest BCUT2D eigenvalue weighted by Gasteiger charge is 2.34. The van der Waals surface area contributed by atoms with Crippen LogP contribution in [-0.4, -0.2) is 119 Å². The second-order valence-corrected chi connectivity index (χ2v) is 36.1. The second-order valence-electron chi connectivity index (χ2n) is 36.1. The Kier molecular flexibility index (Phi) is 31.7. The van der Waals surface area contributed by atoms with Crippen molar-refractivity contribution in [2.24, 2.45) is 0 Å². The smallest absolute Gasteiger partial charge is 0.345 e. The number of hydrogen-bond donors (Lipinski definition) is 6. The van der Waals surface area contributed by atoms with Crippen LogP contribution in [0.3, 0.4) is 0 Å². The first-order chi connectivity index (χ1) is 69.1. The Hall–Kier alpha value is -16.2. The number of aromatic nitrogens is 17. The number of hydrogen-bond acceptors (Lipinski definition) is 19. The van der Waals surface area contributed by atoms with Gasteiger partial charge in [-0.2, -0.15) is 15.0 Å². The summed E-state index contributed by atoms with van der Waals surface area (Å²) >= 11 is 0. The van der Waals surface area contributed by atoms with Crippen LogP contribution in [0, 0.1) is 46.5 Å². The van der Waals surface area contributed by atoms with Crippen molar-refractivity contribution in [3.8, 4) is 17.5 Å². The van der Waals surface area contributed by atoms with Crippen LogP contribution >= 0.6 is 0 Å². The lowest BCUT2D eigenvalue weighted by atomic mass is 10.0. The SMILES string of the molecule is CC(C)c1c(C(=O)NCc2ccc(F)c(F)c2)c2[nH]c(=O)ncc2n1Cc1ccccn1.CC(C)c1c(C(=O)NCc2ccc(F)c(F)c2)c2cnc(-c3ccccn3)nc2n1Cc1ccccn1.CC(C)c1c(C(=O)NCc2ccc(F)c(F)c2)c2cnc(NC3CCCC3)nc2n1Cc1ccccn1.CC(C)c1c(C(=O)NCc2ccc(F)c(F)c2)c2nc(OC3CCCC3)ncc2n1Cc1ccccn1. The highest BCUT2D eigenvalue weighted by atomic mass is 19.2. The minimum absolute atomic E-state index is 0.00417. The van der Waals surface area contributed by atoms with Crippen LogP contribution in [-0.2, 0) is 52.4 Å². The Balaban J connectivity index is 0.000000137. The first kappa shape index (κ1) is 99.8. The molecule has 2 saturated carbocycles. The fourth-order valence-corrected chi connectivity index (χ4v) is 18.0. The lowest BCUT2D eigenvalue weighted by molar-refractivity contribution is 0.0942. The number of nitrogens with zero attached hydrogens (tertiary/aromatic N) is 16. The van der Waals surface area contributed by atoms with Crippen LogP contribution in [0.2, 0.25) is 0 Å². The Morgan fingerprint density at radius 2 is 0.748 bits per heavy atom. The Bertz CT molecular complexity index is 7500. The molecule has 2 fully saturated rings. The van der Waals surface area contributed by atoms with Gasteiger partial charge in [-0.1, -0.05) is 123 Å². The summed E-state index contributed by atoms with van der Waals surface area (Å²) in [4.78, 5) is 122. The van der Waals surface area contributed by atoms with Crippen molar-refractivity contribution in [3.05, 3.63) is 367 Å². The average Bonchev–Trinajstić information content (AvgIpc) is 1.61. The molecular formula is C107H104F8N22O6. The molecule has 0 unspecified atom stereocenters. The summed E-state index contributed by atoms with van der Waals surface area (Å²) in [6.07, 6.45) is 23.8. The number of ether oxygens (including phenoxy) is 1. The molecular weight excluding hydrogens is 1840 g/mol. The van der Waals surface area contributed by atoms with E-state index in [0.717, 1.165) is 127 Å². The summed E-state index contributed by atoms with van der Waals surface area (Å²) in [5.74, 6) is -8.22. The summed E-state index contributed by atoms with van der Waals surface area (Å²) in [6, 6.07) is 43.0. The van der Waals surface area contributed by atoms with Crippen LogP contribution in [0.1, 0.15) is 240 Å². The fraction of sp³-hybridized carbons (Fsp3) is 0.280. The number of H-pyrrole nitrogens is 1. The molecule has 4 amide bonds. The van der Waals surface area contributed by atoms with Crippen LogP contribution < -0.4 is 37.0 Å². The average molecular weight is 1950 g/mol. The van der Waals surface area contributed by atoms with Gasteiger partial charge in [0.1, 0.15) is 28.6 Å². The van der Waals surface area contributed by atoms with Crippen LogP contribution in [0.15, 0.2) is 224 Å². The van der Waals surface area contributed by atoms with Gasteiger partial charge in [-0.3, -0.25) is 44.1 Å². The van der Waals surface area contributed by atoms with Crippen molar-refractivity contribution < 1.29 is 59.0 Å². The minimum atomic E-state index is -0.984. The van der Waals surface area contributed by atoms with E-state index in [1.165, 1.54) is 43.3 Å². The van der Waals surface area contributed by atoms with Gasteiger partial charge in [-0.15, -0.1) is 0 Å². The quantitative estimate of drug-likeness (QED) is 0.0237. The normalized spacial score (nSPS) is 12.7. The number of nitrogens with one attached hydrogen (secondary N) is 6. The van der Waals surface area contributed by atoms with Crippen LogP contribution in [0.4, 0.5) is 41.1 Å². The predicted octanol–water partition coefficient (Wildman–Crippen LogP) is 19.9. The fourth-order valence-electron chi connectivity index (χ4n) is 18.0. The van der Waals surface area contributed by atoms with Gasteiger partial charge in [0.2, 0.25) is 5.95 Å². The monoisotopic (exact) mass is 1940 g/mol. The van der Waals surface area contributed by atoms with Gasteiger partial charge >= 0.3 is 11.7 Å². The van der Waals surface area contributed by atoms with E-state index in [9.17, 15) is 59.1 Å². The molecule has 143 heavy (non-hydrogen) atoms. The zero-order chi connectivity index (χ0) is 101. The van der Waals surface area contributed by atoms with Crippen molar-refractivity contribution in [2.45, 2.75) is 195 Å². The molecule has 0 radical (unpaired) electrons.